The summed E-state index contributed by atoms with van der Waals surface area (Å²) in [5.74, 6) is 11.9. The third-order valence-electron chi connectivity index (χ3n) is 12.5. The van der Waals surface area contributed by atoms with Gasteiger partial charge in [0.2, 0.25) is 0 Å². The van der Waals surface area contributed by atoms with Crippen molar-refractivity contribution in [2.75, 3.05) is 0 Å². The van der Waals surface area contributed by atoms with E-state index in [2.05, 4.69) is 29.2 Å². The molecule has 5 nitrogen and oxygen atoms in total. The first-order valence-corrected chi connectivity index (χ1v) is 14.6. The standard InChI is InChI=1S/C14H18O2.C14H18.C2H4O3/c1-5-6-2-10-11(15-10)3-7(6)8(1)13-9(5)4-12-14(13)16-12;1-2-5-10-9(4-1)13-8-14(10)12-7-3-6-11(12)13;1-2(3)5-4/h5-14H,1-4H2;1-3,6,9-14H,4-5,7-8H2;4H,1H3. The van der Waals surface area contributed by atoms with Gasteiger partial charge in [0.15, 0.2) is 0 Å². The maximum atomic E-state index is 9.34. The Labute approximate surface area is 208 Å². The molecule has 0 radical (unpaired) electrons. The molecule has 2 aliphatic heterocycles. The van der Waals surface area contributed by atoms with Crippen LogP contribution < -0.4 is 0 Å². The van der Waals surface area contributed by atoms with Gasteiger partial charge >= 0.3 is 5.97 Å². The minimum atomic E-state index is -0.690. The lowest BCUT2D eigenvalue weighted by atomic mass is 9.64. The number of fused-ring (bicyclic) bond motifs is 19. The van der Waals surface area contributed by atoms with Crippen LogP contribution in [0.3, 0.4) is 0 Å². The third-order valence-corrected chi connectivity index (χ3v) is 12.5. The molecule has 16 unspecified atom stereocenters. The van der Waals surface area contributed by atoms with E-state index < -0.39 is 5.97 Å². The third kappa shape index (κ3) is 3.26. The zero-order valence-corrected chi connectivity index (χ0v) is 20.8. The van der Waals surface area contributed by atoms with Gasteiger partial charge < -0.3 is 14.4 Å². The van der Waals surface area contributed by atoms with Gasteiger partial charge in [-0.2, -0.15) is 5.26 Å². The molecule has 35 heavy (non-hydrogen) atoms. The molecule has 0 spiro atoms. The van der Waals surface area contributed by atoms with E-state index in [9.17, 15) is 4.79 Å². The maximum absolute atomic E-state index is 9.34. The lowest BCUT2D eigenvalue weighted by molar-refractivity contribution is -0.231. The fraction of sp³-hybridized carbons (Fsp3) is 0.833. The zero-order chi connectivity index (χ0) is 23.4. The summed E-state index contributed by atoms with van der Waals surface area (Å²) in [5.41, 5.74) is 0. The summed E-state index contributed by atoms with van der Waals surface area (Å²) >= 11 is 0. The number of carbonyl (C=O) groups is 1. The number of hydrogen-bond acceptors (Lipinski definition) is 5. The average molecular weight is 481 g/mol. The van der Waals surface area contributed by atoms with Gasteiger partial charge in [0, 0.05) is 6.92 Å². The minimum absolute atomic E-state index is 0.677. The van der Waals surface area contributed by atoms with Crippen LogP contribution in [-0.4, -0.2) is 35.6 Å². The second-order valence-corrected chi connectivity index (χ2v) is 13.5. The second kappa shape index (κ2) is 7.91. The van der Waals surface area contributed by atoms with Crippen molar-refractivity contribution in [3.63, 3.8) is 0 Å². The highest BCUT2D eigenvalue weighted by Crippen LogP contribution is 2.71. The molecule has 8 fully saturated rings. The van der Waals surface area contributed by atoms with E-state index in [1.54, 1.807) is 12.8 Å². The van der Waals surface area contributed by atoms with E-state index in [0.717, 1.165) is 77.9 Å². The van der Waals surface area contributed by atoms with Gasteiger partial charge in [0.1, 0.15) is 0 Å². The van der Waals surface area contributed by atoms with Crippen LogP contribution in [0, 0.1) is 71.0 Å². The van der Waals surface area contributed by atoms with E-state index in [1.165, 1.54) is 38.5 Å². The Bertz CT molecular complexity index is 941. The smallest absolute Gasteiger partial charge is 0.339 e. The Hall–Kier alpha value is -1.17. The molecule has 0 aromatic rings. The van der Waals surface area contributed by atoms with Crippen LogP contribution >= 0.6 is 0 Å². The molecular formula is C30H40O5. The van der Waals surface area contributed by atoms with Crippen LogP contribution in [0.5, 0.6) is 0 Å². The fourth-order valence-electron chi connectivity index (χ4n) is 11.5. The average Bonchev–Trinajstić information content (AvgIpc) is 3.36. The van der Waals surface area contributed by atoms with Gasteiger partial charge in [-0.1, -0.05) is 24.3 Å². The summed E-state index contributed by atoms with van der Waals surface area (Å²) in [5, 5.41) is 7.29. The lowest BCUT2D eigenvalue weighted by Crippen LogP contribution is -2.38. The Morgan fingerprint density at radius 1 is 0.686 bits per heavy atom. The predicted octanol–water partition coefficient (Wildman–Crippen LogP) is 5.27. The van der Waals surface area contributed by atoms with Gasteiger partial charge in [0.25, 0.3) is 0 Å². The zero-order valence-electron chi connectivity index (χ0n) is 20.8. The summed E-state index contributed by atoms with van der Waals surface area (Å²) < 4.78 is 11.6. The van der Waals surface area contributed by atoms with Crippen molar-refractivity contribution in [2.45, 2.75) is 82.7 Å². The summed E-state index contributed by atoms with van der Waals surface area (Å²) in [6, 6.07) is 0. The SMILES string of the molecule is C1=CC2C3CC(C2C1)C1CC=CCC31.C1C2OC2CC2C1C1CC2C2C1CC1OC12.CC(=O)OO. The molecule has 0 aromatic heterocycles. The van der Waals surface area contributed by atoms with Gasteiger partial charge in [-0.3, -0.25) is 0 Å². The Morgan fingerprint density at radius 2 is 1.23 bits per heavy atom. The van der Waals surface area contributed by atoms with E-state index in [1.807, 2.05) is 0 Å². The normalized spacial score (nSPS) is 59.0. The number of allylic oxidation sites excluding steroid dienone is 4. The Kier molecular flexibility index (Phi) is 4.95. The van der Waals surface area contributed by atoms with Crippen molar-refractivity contribution in [1.82, 2.24) is 0 Å². The van der Waals surface area contributed by atoms with Gasteiger partial charge in [-0.05, 0) is 122 Å². The van der Waals surface area contributed by atoms with Crippen molar-refractivity contribution in [1.29, 1.82) is 0 Å². The Balaban J connectivity index is 0.0000000956. The first kappa shape index (κ1) is 21.9. The van der Waals surface area contributed by atoms with Crippen LogP contribution in [0.1, 0.15) is 58.3 Å². The van der Waals surface area contributed by atoms with Crippen molar-refractivity contribution >= 4 is 5.97 Å². The monoisotopic (exact) mass is 480 g/mol. The van der Waals surface area contributed by atoms with Crippen LogP contribution in [0.2, 0.25) is 0 Å². The van der Waals surface area contributed by atoms with E-state index in [0.29, 0.717) is 24.4 Å². The molecule has 4 bridgehead atoms. The molecular weight excluding hydrogens is 440 g/mol. The van der Waals surface area contributed by atoms with Crippen molar-refractivity contribution in [3.8, 4) is 0 Å². The maximum Gasteiger partial charge on any atom is 0.339 e. The predicted molar refractivity (Wildman–Crippen MR) is 129 cm³/mol. The number of rotatable bonds is 0. The van der Waals surface area contributed by atoms with Crippen LogP contribution in [0.25, 0.3) is 0 Å². The van der Waals surface area contributed by atoms with E-state index in [4.69, 9.17) is 14.7 Å². The summed E-state index contributed by atoms with van der Waals surface area (Å²) in [6.45, 7) is 1.11. The molecule has 5 heteroatoms. The van der Waals surface area contributed by atoms with Crippen molar-refractivity contribution in [2.24, 2.45) is 71.0 Å². The van der Waals surface area contributed by atoms with Crippen LogP contribution in [0.4, 0.5) is 0 Å². The van der Waals surface area contributed by atoms with E-state index in [-0.39, 0.29) is 0 Å². The number of hydrogen-bond donors (Lipinski definition) is 1. The summed E-state index contributed by atoms with van der Waals surface area (Å²) in [4.78, 5) is 12.5. The number of epoxide rings is 2. The first-order valence-electron chi connectivity index (χ1n) is 14.6. The van der Waals surface area contributed by atoms with Crippen LogP contribution in [-0.2, 0) is 19.2 Å². The van der Waals surface area contributed by atoms with Crippen molar-refractivity contribution < 1.29 is 24.4 Å². The molecule has 6 saturated carbocycles. The molecule has 0 amide bonds. The molecule has 10 rings (SSSR count). The molecule has 2 saturated heterocycles. The van der Waals surface area contributed by atoms with E-state index >= 15 is 0 Å². The molecule has 16 atom stereocenters. The summed E-state index contributed by atoms with van der Waals surface area (Å²) in [7, 11) is 0. The fourth-order valence-corrected chi connectivity index (χ4v) is 11.5. The quantitative estimate of drug-likeness (QED) is 0.221. The second-order valence-electron chi connectivity index (χ2n) is 13.5. The molecule has 10 aliphatic rings. The topological polar surface area (TPSA) is 71.6 Å². The van der Waals surface area contributed by atoms with Gasteiger partial charge in [-0.15, -0.1) is 0 Å². The minimum Gasteiger partial charge on any atom is -0.370 e. The van der Waals surface area contributed by atoms with Gasteiger partial charge in [-0.25, -0.2) is 4.79 Å². The lowest BCUT2D eigenvalue weighted by Gasteiger charge is -2.40. The molecule has 2 heterocycles. The first-order chi connectivity index (χ1) is 17.1. The highest BCUT2D eigenvalue weighted by molar-refractivity contribution is 5.64. The molecule has 8 aliphatic carbocycles. The van der Waals surface area contributed by atoms with Crippen molar-refractivity contribution in [3.05, 3.63) is 24.3 Å². The number of carbonyl (C=O) groups excluding carboxylic acids is 1. The molecule has 1 N–H and O–H groups in total. The Morgan fingerprint density at radius 3 is 1.97 bits per heavy atom. The van der Waals surface area contributed by atoms with Gasteiger partial charge in [0.05, 0.1) is 24.4 Å². The highest BCUT2D eigenvalue weighted by Gasteiger charge is 2.70. The summed E-state index contributed by atoms with van der Waals surface area (Å²) in [6.07, 6.45) is 24.2. The molecule has 0 aromatic carbocycles. The highest BCUT2D eigenvalue weighted by atomic mass is 17.1. The molecule has 190 valence electrons. The number of ether oxygens (including phenoxy) is 2. The largest absolute Gasteiger partial charge is 0.370 e. The van der Waals surface area contributed by atoms with Crippen LogP contribution in [0.15, 0.2) is 24.3 Å².